The summed E-state index contributed by atoms with van der Waals surface area (Å²) in [5.41, 5.74) is 1.27. The maximum atomic E-state index is 3.44. The Bertz CT molecular complexity index is 532. The van der Waals surface area contributed by atoms with Crippen molar-refractivity contribution in [1.29, 1.82) is 0 Å². The number of H-pyrrole nitrogens is 1. The molecule has 0 saturated heterocycles. The van der Waals surface area contributed by atoms with Crippen molar-refractivity contribution in [2.75, 3.05) is 0 Å². The molecule has 0 aliphatic rings. The van der Waals surface area contributed by atoms with E-state index in [-0.39, 0.29) is 0 Å². The second-order valence-corrected chi connectivity index (χ2v) is 4.76. The Morgan fingerprint density at radius 1 is 1.00 bits per heavy atom. The van der Waals surface area contributed by atoms with Gasteiger partial charge < -0.3 is 0 Å². The van der Waals surface area contributed by atoms with Gasteiger partial charge in [0.1, 0.15) is 0 Å². The summed E-state index contributed by atoms with van der Waals surface area (Å²) in [5, 5.41) is 2.77. The van der Waals surface area contributed by atoms with E-state index in [1.165, 1.54) is 20.7 Å². The van der Waals surface area contributed by atoms with Crippen molar-refractivity contribution >= 4 is 35.2 Å². The van der Waals surface area contributed by atoms with Crippen molar-refractivity contribution in [3.05, 3.63) is 35.3 Å². The predicted octanol–water partition coefficient (Wildman–Crippen LogP) is 2.38. The Labute approximate surface area is 75.8 Å². The van der Waals surface area contributed by atoms with Crippen LogP contribution in [0.5, 0.6) is 0 Å². The minimum absolute atomic E-state index is 0.536. The number of rotatable bonds is 0. The van der Waals surface area contributed by atoms with Gasteiger partial charge in [0.05, 0.1) is 0 Å². The second-order valence-electron chi connectivity index (χ2n) is 2.83. The van der Waals surface area contributed by atoms with Crippen LogP contribution in [0.25, 0.3) is 20.7 Å². The molecule has 0 radical (unpaired) electrons. The number of para-hydroxylation sites is 1. The maximum absolute atomic E-state index is 3.44. The Kier molecular flexibility index (Phi) is 1.23. The molecule has 3 rings (SSSR count). The molecule has 2 heterocycles. The number of benzene rings is 1. The summed E-state index contributed by atoms with van der Waals surface area (Å²) in [4.78, 5) is 5.71. The first-order valence-corrected chi connectivity index (χ1v) is 5.73. The summed E-state index contributed by atoms with van der Waals surface area (Å²) >= 11 is 0.536. The van der Waals surface area contributed by atoms with Gasteiger partial charge >= 0.3 is 75.4 Å². The van der Waals surface area contributed by atoms with Crippen LogP contribution in [-0.4, -0.2) is 19.5 Å². The van der Waals surface area contributed by atoms with Gasteiger partial charge in [0.25, 0.3) is 0 Å². The van der Waals surface area contributed by atoms with Crippen molar-refractivity contribution in [2.24, 2.45) is 0 Å². The predicted molar refractivity (Wildman–Crippen MR) is 52.7 cm³/mol. The Morgan fingerprint density at radius 3 is 2.92 bits per heavy atom. The van der Waals surface area contributed by atoms with Crippen LogP contribution in [-0.2, 0) is 0 Å². The van der Waals surface area contributed by atoms with E-state index in [1.807, 2.05) is 0 Å². The van der Waals surface area contributed by atoms with Gasteiger partial charge in [0, 0.05) is 0 Å². The summed E-state index contributed by atoms with van der Waals surface area (Å²) < 4.78 is 1.42. The van der Waals surface area contributed by atoms with Crippen LogP contribution in [0.4, 0.5) is 0 Å². The Morgan fingerprint density at radius 2 is 1.92 bits per heavy atom. The van der Waals surface area contributed by atoms with Gasteiger partial charge in [-0.3, -0.25) is 0 Å². The fraction of sp³-hybridized carbons (Fsp3) is 0. The quantitative estimate of drug-likeness (QED) is 0.560. The van der Waals surface area contributed by atoms with E-state index in [9.17, 15) is 0 Å². The first-order chi connectivity index (χ1) is 5.95. The number of nitrogens with one attached hydrogen (secondary N) is 1. The molecule has 0 aliphatic carbocycles. The summed E-state index contributed by atoms with van der Waals surface area (Å²) in [5.74, 6) is 0. The number of aromatic nitrogens is 1. The van der Waals surface area contributed by atoms with Crippen molar-refractivity contribution < 1.29 is 0 Å². The average molecular weight is 220 g/mol. The second kappa shape index (κ2) is 2.25. The molecule has 0 aliphatic heterocycles. The molecular formula is C10H7NSe. The Hall–Kier alpha value is -0.981. The molecule has 0 spiro atoms. The molecule has 2 aromatic heterocycles. The van der Waals surface area contributed by atoms with Gasteiger partial charge in [-0.05, 0) is 0 Å². The van der Waals surface area contributed by atoms with E-state index >= 15 is 0 Å². The van der Waals surface area contributed by atoms with Crippen LogP contribution in [0.1, 0.15) is 0 Å². The third-order valence-electron chi connectivity index (χ3n) is 2.13. The van der Waals surface area contributed by atoms with Crippen molar-refractivity contribution in [3.63, 3.8) is 0 Å². The van der Waals surface area contributed by atoms with Gasteiger partial charge in [-0.2, -0.15) is 0 Å². The summed E-state index contributed by atoms with van der Waals surface area (Å²) in [6.45, 7) is 0. The number of hydrogen-bond acceptors (Lipinski definition) is 0. The third-order valence-corrected chi connectivity index (χ3v) is 3.87. The summed E-state index contributed by atoms with van der Waals surface area (Å²) in [6.07, 6.45) is 0. The van der Waals surface area contributed by atoms with Crippen molar-refractivity contribution in [2.45, 2.75) is 0 Å². The van der Waals surface area contributed by atoms with Crippen molar-refractivity contribution in [1.82, 2.24) is 4.98 Å². The van der Waals surface area contributed by atoms with Crippen LogP contribution in [0.15, 0.2) is 35.3 Å². The zero-order valence-electron chi connectivity index (χ0n) is 6.37. The Balaban J connectivity index is 2.68. The molecule has 3 aromatic rings. The van der Waals surface area contributed by atoms with Crippen molar-refractivity contribution in [3.8, 4) is 0 Å². The third kappa shape index (κ3) is 0.739. The zero-order chi connectivity index (χ0) is 7.97. The molecule has 2 heteroatoms. The fourth-order valence-electron chi connectivity index (χ4n) is 1.57. The monoisotopic (exact) mass is 221 g/mol. The fourth-order valence-corrected chi connectivity index (χ4v) is 3.28. The molecule has 0 fully saturated rings. The first-order valence-electron chi connectivity index (χ1n) is 3.89. The molecule has 0 unspecified atom stereocenters. The van der Waals surface area contributed by atoms with E-state index in [4.69, 9.17) is 0 Å². The number of hydrogen-bond donors (Lipinski definition) is 1. The molecule has 1 N–H and O–H groups in total. The molecule has 0 bridgehead atoms. The summed E-state index contributed by atoms with van der Waals surface area (Å²) in [6, 6.07) is 10.7. The van der Waals surface area contributed by atoms with Gasteiger partial charge in [0.2, 0.25) is 0 Å². The molecular weight excluding hydrogens is 213 g/mol. The van der Waals surface area contributed by atoms with E-state index in [0.717, 1.165) is 0 Å². The normalized spacial score (nSPS) is 11.3. The van der Waals surface area contributed by atoms with Gasteiger partial charge in [-0.15, -0.1) is 0 Å². The SMILES string of the molecule is c1ccc2c(c1)[nH]c1[se]ccc12. The molecule has 0 saturated carbocycles. The van der Waals surface area contributed by atoms with Gasteiger partial charge in [0.15, 0.2) is 0 Å². The van der Waals surface area contributed by atoms with Gasteiger partial charge in [-0.1, -0.05) is 0 Å². The van der Waals surface area contributed by atoms with E-state index < -0.39 is 0 Å². The molecule has 1 aromatic carbocycles. The van der Waals surface area contributed by atoms with Crippen LogP contribution >= 0.6 is 0 Å². The molecule has 58 valence electrons. The zero-order valence-corrected chi connectivity index (χ0v) is 8.09. The minimum atomic E-state index is 0.536. The average Bonchev–Trinajstić information content (AvgIpc) is 2.62. The number of fused-ring (bicyclic) bond motifs is 3. The summed E-state index contributed by atoms with van der Waals surface area (Å²) in [7, 11) is 0. The van der Waals surface area contributed by atoms with Gasteiger partial charge in [-0.25, -0.2) is 0 Å². The topological polar surface area (TPSA) is 15.8 Å². The molecule has 0 amide bonds. The molecule has 12 heavy (non-hydrogen) atoms. The number of aromatic amines is 1. The van der Waals surface area contributed by atoms with E-state index in [1.54, 1.807) is 0 Å². The molecule has 1 nitrogen and oxygen atoms in total. The van der Waals surface area contributed by atoms with Crippen LogP contribution in [0, 0.1) is 0 Å². The van der Waals surface area contributed by atoms with E-state index in [2.05, 4.69) is 40.3 Å². The van der Waals surface area contributed by atoms with E-state index in [0.29, 0.717) is 14.5 Å². The van der Waals surface area contributed by atoms with Crippen LogP contribution in [0.3, 0.4) is 0 Å². The van der Waals surface area contributed by atoms with Crippen LogP contribution < -0.4 is 0 Å². The standard InChI is InChI=1S/C10H7NSe/c1-2-4-9-7(3-1)8-5-6-12-10(8)11-9/h1-6,11H. The van der Waals surface area contributed by atoms with Crippen LogP contribution in [0.2, 0.25) is 0 Å². The first kappa shape index (κ1) is 6.53. The molecule has 0 atom stereocenters.